The first kappa shape index (κ1) is 30.2. The summed E-state index contributed by atoms with van der Waals surface area (Å²) in [7, 11) is -2.02. The summed E-state index contributed by atoms with van der Waals surface area (Å²) < 4.78 is 109. The Morgan fingerprint density at radius 1 is 1.09 bits per heavy atom. The van der Waals surface area contributed by atoms with Gasteiger partial charge in [0.2, 0.25) is 5.82 Å². The number of fused-ring (bicyclic) bond motifs is 2. The van der Waals surface area contributed by atoms with Gasteiger partial charge in [-0.15, -0.1) is 8.78 Å². The topological polar surface area (TPSA) is 109 Å². The van der Waals surface area contributed by atoms with E-state index >= 15 is 0 Å². The summed E-state index contributed by atoms with van der Waals surface area (Å²) in [6.45, 7) is 1.01. The van der Waals surface area contributed by atoms with Crippen molar-refractivity contribution in [2.45, 2.75) is 36.9 Å². The van der Waals surface area contributed by atoms with E-state index in [1.165, 1.54) is 74.7 Å². The first-order valence-corrected chi connectivity index (χ1v) is 14.5. The SMILES string of the molecule is CCS(=O)(=O)c1ccc([C@H](COC)NC(=O)c2ccc3c(c2)nc(C(F)(F)F)n3Cc2cccc3c2OC(F)(F)O3)cc1. The van der Waals surface area contributed by atoms with Gasteiger partial charge in [0.15, 0.2) is 21.3 Å². The number of para-hydroxylation sites is 1. The minimum atomic E-state index is -4.92. The minimum absolute atomic E-state index is 0.00135. The van der Waals surface area contributed by atoms with Gasteiger partial charge in [-0.3, -0.25) is 4.79 Å². The van der Waals surface area contributed by atoms with E-state index in [-0.39, 0.29) is 50.9 Å². The lowest BCUT2D eigenvalue weighted by Gasteiger charge is -2.19. The lowest BCUT2D eigenvalue weighted by Crippen LogP contribution is -2.31. The molecule has 1 aliphatic rings. The fourth-order valence-corrected chi connectivity index (χ4v) is 5.56. The zero-order chi connectivity index (χ0) is 31.2. The highest BCUT2D eigenvalue weighted by Gasteiger charge is 2.45. The average Bonchev–Trinajstić information content (AvgIpc) is 3.49. The van der Waals surface area contributed by atoms with Gasteiger partial charge in [0, 0.05) is 18.2 Å². The molecule has 1 amide bonds. The molecule has 0 bridgehead atoms. The highest BCUT2D eigenvalue weighted by molar-refractivity contribution is 7.91. The summed E-state index contributed by atoms with van der Waals surface area (Å²) >= 11 is 0. The van der Waals surface area contributed by atoms with Crippen LogP contribution in [0.25, 0.3) is 11.0 Å². The maximum atomic E-state index is 14.0. The molecule has 1 aromatic heterocycles. The molecule has 15 heteroatoms. The molecule has 228 valence electrons. The van der Waals surface area contributed by atoms with E-state index in [1.807, 2.05) is 0 Å². The lowest BCUT2D eigenvalue weighted by atomic mass is 10.1. The van der Waals surface area contributed by atoms with Gasteiger partial charge in [-0.25, -0.2) is 13.4 Å². The maximum absolute atomic E-state index is 14.0. The van der Waals surface area contributed by atoms with E-state index in [0.29, 0.717) is 5.56 Å². The molecule has 1 atom stereocenters. The van der Waals surface area contributed by atoms with Crippen LogP contribution in [-0.4, -0.2) is 49.6 Å². The van der Waals surface area contributed by atoms with Gasteiger partial charge in [0.1, 0.15) is 0 Å². The number of benzene rings is 3. The van der Waals surface area contributed by atoms with Gasteiger partial charge in [-0.1, -0.05) is 31.2 Å². The standard InChI is InChI=1S/C28H24F5N3O6S/c1-3-43(38,39)19-10-7-16(8-11-19)21(15-40-2)34-25(37)17-9-12-22-20(13-17)35-26(27(29,30)31)36(22)14-18-5-4-6-23-24(18)42-28(32,33)41-23/h4-13,21H,3,14-15H2,1-2H3,(H,34,37)/t21-/m0/s1. The number of carbonyl (C=O) groups excluding carboxylic acids is 1. The largest absolute Gasteiger partial charge is 0.586 e. The van der Waals surface area contributed by atoms with Gasteiger partial charge in [0.25, 0.3) is 5.91 Å². The third-order valence-electron chi connectivity index (χ3n) is 6.76. The molecular weight excluding hydrogens is 601 g/mol. The van der Waals surface area contributed by atoms with E-state index in [1.54, 1.807) is 0 Å². The van der Waals surface area contributed by atoms with E-state index in [2.05, 4.69) is 19.8 Å². The Kier molecular flexibility index (Phi) is 7.81. The van der Waals surface area contributed by atoms with Crippen LogP contribution in [0.15, 0.2) is 65.6 Å². The van der Waals surface area contributed by atoms with Crippen molar-refractivity contribution in [1.29, 1.82) is 0 Å². The predicted octanol–water partition coefficient (Wildman–Crippen LogP) is 5.34. The second-order valence-electron chi connectivity index (χ2n) is 9.59. The Morgan fingerprint density at radius 3 is 2.47 bits per heavy atom. The zero-order valence-electron chi connectivity index (χ0n) is 22.6. The highest BCUT2D eigenvalue weighted by Crippen LogP contribution is 2.44. The maximum Gasteiger partial charge on any atom is 0.586 e. The molecular formula is C28H24F5N3O6S. The van der Waals surface area contributed by atoms with Gasteiger partial charge in [0.05, 0.1) is 40.9 Å². The zero-order valence-corrected chi connectivity index (χ0v) is 23.4. The second kappa shape index (κ2) is 11.1. The molecule has 0 aliphatic carbocycles. The van der Waals surface area contributed by atoms with Crippen LogP contribution in [0.1, 0.15) is 40.3 Å². The fraction of sp³-hybridized carbons (Fsp3) is 0.286. The molecule has 0 unspecified atom stereocenters. The monoisotopic (exact) mass is 625 g/mol. The number of hydrogen-bond donors (Lipinski definition) is 1. The molecule has 2 heterocycles. The molecule has 1 N–H and O–H groups in total. The summed E-state index contributed by atoms with van der Waals surface area (Å²) in [5, 5.41) is 2.74. The molecule has 1 aliphatic heterocycles. The molecule has 0 saturated carbocycles. The van der Waals surface area contributed by atoms with Gasteiger partial charge in [-0.05, 0) is 42.0 Å². The number of rotatable bonds is 9. The molecule has 3 aromatic carbocycles. The van der Waals surface area contributed by atoms with Crippen molar-refractivity contribution in [2.75, 3.05) is 19.5 Å². The number of nitrogens with zero attached hydrogens (tertiary/aromatic N) is 2. The van der Waals surface area contributed by atoms with Gasteiger partial charge >= 0.3 is 12.5 Å². The van der Waals surface area contributed by atoms with E-state index in [9.17, 15) is 35.2 Å². The van der Waals surface area contributed by atoms with Gasteiger partial charge < -0.3 is 24.1 Å². The molecule has 0 saturated heterocycles. The summed E-state index contributed by atoms with van der Waals surface area (Å²) in [4.78, 5) is 17.0. The van der Waals surface area contributed by atoms with E-state index in [4.69, 9.17) is 4.74 Å². The molecule has 9 nitrogen and oxygen atoms in total. The van der Waals surface area contributed by atoms with E-state index < -0.39 is 46.6 Å². The van der Waals surface area contributed by atoms with Crippen molar-refractivity contribution in [3.05, 3.63) is 83.2 Å². The number of alkyl halides is 5. The van der Waals surface area contributed by atoms with Crippen LogP contribution < -0.4 is 14.8 Å². The van der Waals surface area contributed by atoms with Crippen molar-refractivity contribution < 1.29 is 49.4 Å². The highest BCUT2D eigenvalue weighted by atomic mass is 32.2. The van der Waals surface area contributed by atoms with Crippen LogP contribution in [0.2, 0.25) is 0 Å². The number of carbonyl (C=O) groups is 1. The van der Waals surface area contributed by atoms with Crippen molar-refractivity contribution >= 4 is 26.8 Å². The van der Waals surface area contributed by atoms with Crippen LogP contribution in [0.3, 0.4) is 0 Å². The Bertz CT molecular complexity index is 1790. The number of aromatic nitrogens is 2. The van der Waals surface area contributed by atoms with Crippen LogP contribution >= 0.6 is 0 Å². The Balaban J connectivity index is 1.45. The first-order chi connectivity index (χ1) is 20.2. The van der Waals surface area contributed by atoms with Crippen LogP contribution in [-0.2, 0) is 27.3 Å². The van der Waals surface area contributed by atoms with Crippen molar-refractivity contribution in [3.63, 3.8) is 0 Å². The molecule has 5 rings (SSSR count). The molecule has 4 aromatic rings. The third kappa shape index (κ3) is 6.13. The second-order valence-corrected chi connectivity index (χ2v) is 11.9. The average molecular weight is 626 g/mol. The quantitative estimate of drug-likeness (QED) is 0.250. The van der Waals surface area contributed by atoms with Crippen molar-refractivity contribution in [3.8, 4) is 11.5 Å². The fourth-order valence-electron chi connectivity index (χ4n) is 4.67. The smallest absolute Gasteiger partial charge is 0.395 e. The normalized spacial score (nSPS) is 15.0. The van der Waals surface area contributed by atoms with Crippen molar-refractivity contribution in [2.24, 2.45) is 0 Å². The summed E-state index contributed by atoms with van der Waals surface area (Å²) in [5.74, 6) is -2.73. The molecule has 43 heavy (non-hydrogen) atoms. The number of sulfone groups is 1. The predicted molar refractivity (Wildman–Crippen MR) is 143 cm³/mol. The number of halogens is 5. The van der Waals surface area contributed by atoms with E-state index in [0.717, 1.165) is 4.57 Å². The number of ether oxygens (including phenoxy) is 3. The summed E-state index contributed by atoms with van der Waals surface area (Å²) in [6.07, 6.45) is -8.87. The molecule has 0 radical (unpaired) electrons. The third-order valence-corrected chi connectivity index (χ3v) is 8.51. The van der Waals surface area contributed by atoms with Crippen LogP contribution in [0, 0.1) is 0 Å². The number of methoxy groups -OCH3 is 1. The van der Waals surface area contributed by atoms with Crippen LogP contribution in [0.4, 0.5) is 22.0 Å². The summed E-state index contributed by atoms with van der Waals surface area (Å²) in [6, 6.07) is 12.8. The number of amides is 1. The molecule has 0 spiro atoms. The number of hydrogen-bond acceptors (Lipinski definition) is 7. The molecule has 0 fully saturated rings. The van der Waals surface area contributed by atoms with Gasteiger partial charge in [-0.2, -0.15) is 13.2 Å². The summed E-state index contributed by atoms with van der Waals surface area (Å²) in [5.41, 5.74) is 0.374. The number of nitrogens with one attached hydrogen (secondary N) is 1. The Hall–Kier alpha value is -4.24. The first-order valence-electron chi connectivity index (χ1n) is 12.8. The Morgan fingerprint density at radius 2 is 1.81 bits per heavy atom. The van der Waals surface area contributed by atoms with Crippen LogP contribution in [0.5, 0.6) is 11.5 Å². The lowest BCUT2D eigenvalue weighted by molar-refractivity contribution is -0.287. The number of imidazole rings is 1. The Labute approximate surface area is 242 Å². The van der Waals surface area contributed by atoms with Crippen molar-refractivity contribution in [1.82, 2.24) is 14.9 Å². The minimum Gasteiger partial charge on any atom is -0.395 e.